The van der Waals surface area contributed by atoms with Crippen LogP contribution in [-0.2, 0) is 6.61 Å². The van der Waals surface area contributed by atoms with Gasteiger partial charge in [-0.05, 0) is 59.5 Å². The van der Waals surface area contributed by atoms with E-state index < -0.39 is 4.92 Å². The molecule has 0 aromatic heterocycles. The molecule has 0 saturated heterocycles. The second-order valence-corrected chi connectivity index (χ2v) is 6.26. The van der Waals surface area contributed by atoms with Gasteiger partial charge < -0.3 is 4.74 Å². The molecule has 0 N–H and O–H groups in total. The van der Waals surface area contributed by atoms with Crippen molar-refractivity contribution < 1.29 is 9.66 Å². The summed E-state index contributed by atoms with van der Waals surface area (Å²) in [6, 6.07) is 23.6. The first kappa shape index (κ1) is 18.9. The fourth-order valence-electron chi connectivity index (χ4n) is 2.70. The Hall–Kier alpha value is -3.91. The Labute approximate surface area is 163 Å². The number of non-ortho nitro benzene ring substituents is 1. The van der Waals surface area contributed by atoms with Crippen LogP contribution >= 0.6 is 0 Å². The van der Waals surface area contributed by atoms with Crippen LogP contribution < -0.4 is 4.74 Å². The second kappa shape index (κ2) is 8.65. The van der Waals surface area contributed by atoms with Gasteiger partial charge in [0.1, 0.15) is 12.4 Å². The maximum absolute atomic E-state index is 10.8. The summed E-state index contributed by atoms with van der Waals surface area (Å²) in [5, 5.41) is 20.2. The van der Waals surface area contributed by atoms with Crippen molar-refractivity contribution in [1.29, 1.82) is 5.26 Å². The van der Waals surface area contributed by atoms with Crippen molar-refractivity contribution in [2.24, 2.45) is 0 Å². The predicted molar refractivity (Wildman–Crippen MR) is 109 cm³/mol. The minimum atomic E-state index is -0.463. The number of hydrogen-bond donors (Lipinski definition) is 0. The topological polar surface area (TPSA) is 76.2 Å². The van der Waals surface area contributed by atoms with Crippen molar-refractivity contribution in [2.75, 3.05) is 0 Å². The highest BCUT2D eigenvalue weighted by molar-refractivity contribution is 5.89. The number of nitrogens with zero attached hydrogens (tertiary/aromatic N) is 2. The third kappa shape index (κ3) is 4.63. The van der Waals surface area contributed by atoms with Gasteiger partial charge in [-0.1, -0.05) is 36.4 Å². The normalized spacial score (nSPS) is 10.9. The molecule has 0 heterocycles. The fraction of sp³-hybridized carbons (Fsp3) is 0.0870. The van der Waals surface area contributed by atoms with E-state index in [4.69, 9.17) is 4.74 Å². The molecule has 138 valence electrons. The van der Waals surface area contributed by atoms with Crippen LogP contribution in [0.15, 0.2) is 72.8 Å². The largest absolute Gasteiger partial charge is 0.489 e. The van der Waals surface area contributed by atoms with E-state index in [1.807, 2.05) is 55.5 Å². The number of rotatable bonds is 6. The van der Waals surface area contributed by atoms with Gasteiger partial charge in [-0.2, -0.15) is 5.26 Å². The standard InChI is InChI=1S/C23H18N2O3/c1-17-4-2-3-5-20(17)16-28-23-12-6-18(7-13-23)14-21(15-24)19-8-10-22(11-9-19)25(26)27/h2-14H,16H2,1H3. The van der Waals surface area contributed by atoms with E-state index in [1.165, 1.54) is 17.7 Å². The van der Waals surface area contributed by atoms with Gasteiger partial charge in [0.05, 0.1) is 16.6 Å². The van der Waals surface area contributed by atoms with Crippen LogP contribution in [0, 0.1) is 28.4 Å². The van der Waals surface area contributed by atoms with Gasteiger partial charge in [0.25, 0.3) is 5.69 Å². The summed E-state index contributed by atoms with van der Waals surface area (Å²) >= 11 is 0. The molecule has 0 saturated carbocycles. The lowest BCUT2D eigenvalue weighted by molar-refractivity contribution is -0.384. The average molecular weight is 370 g/mol. The van der Waals surface area contributed by atoms with Gasteiger partial charge in [0.15, 0.2) is 0 Å². The van der Waals surface area contributed by atoms with E-state index >= 15 is 0 Å². The molecule has 3 aromatic carbocycles. The van der Waals surface area contributed by atoms with Crippen molar-refractivity contribution >= 4 is 17.3 Å². The summed E-state index contributed by atoms with van der Waals surface area (Å²) in [6.45, 7) is 2.54. The van der Waals surface area contributed by atoms with Gasteiger partial charge in [-0.3, -0.25) is 10.1 Å². The van der Waals surface area contributed by atoms with E-state index in [0.29, 0.717) is 17.7 Å². The lowest BCUT2D eigenvalue weighted by Gasteiger charge is -2.09. The molecule has 0 spiro atoms. The van der Waals surface area contributed by atoms with E-state index in [1.54, 1.807) is 18.2 Å². The Balaban J connectivity index is 1.72. The minimum absolute atomic E-state index is 0.00352. The number of nitro benzene ring substituents is 1. The first-order valence-corrected chi connectivity index (χ1v) is 8.71. The summed E-state index contributed by atoms with van der Waals surface area (Å²) in [6.07, 6.45) is 1.74. The molecule has 0 unspecified atom stereocenters. The number of allylic oxidation sites excluding steroid dienone is 1. The molecular weight excluding hydrogens is 352 g/mol. The van der Waals surface area contributed by atoms with Gasteiger partial charge in [0, 0.05) is 12.1 Å². The molecule has 0 aliphatic carbocycles. The molecule has 3 aromatic rings. The zero-order chi connectivity index (χ0) is 19.9. The van der Waals surface area contributed by atoms with E-state index in [9.17, 15) is 15.4 Å². The Kier molecular flexibility index (Phi) is 5.83. The number of aryl methyl sites for hydroxylation is 1. The fourth-order valence-corrected chi connectivity index (χ4v) is 2.70. The molecule has 0 radical (unpaired) electrons. The maximum atomic E-state index is 10.8. The van der Waals surface area contributed by atoms with Crippen LogP contribution in [0.1, 0.15) is 22.3 Å². The Morgan fingerprint density at radius 1 is 1.07 bits per heavy atom. The van der Waals surface area contributed by atoms with Gasteiger partial charge in [-0.25, -0.2) is 0 Å². The van der Waals surface area contributed by atoms with E-state index in [0.717, 1.165) is 16.9 Å². The quantitative estimate of drug-likeness (QED) is 0.247. The van der Waals surface area contributed by atoms with Gasteiger partial charge >= 0.3 is 0 Å². The highest BCUT2D eigenvalue weighted by atomic mass is 16.6. The molecule has 0 fully saturated rings. The molecule has 5 heteroatoms. The third-order valence-electron chi connectivity index (χ3n) is 4.36. The molecule has 0 aliphatic heterocycles. The number of hydrogen-bond acceptors (Lipinski definition) is 4. The van der Waals surface area contributed by atoms with Crippen LogP contribution in [0.25, 0.3) is 11.6 Å². The number of ether oxygens (including phenoxy) is 1. The number of nitro groups is 1. The predicted octanol–water partition coefficient (Wildman–Crippen LogP) is 5.55. The average Bonchev–Trinajstić information content (AvgIpc) is 2.72. The van der Waals surface area contributed by atoms with Gasteiger partial charge in [-0.15, -0.1) is 0 Å². The lowest BCUT2D eigenvalue weighted by atomic mass is 10.0. The van der Waals surface area contributed by atoms with Crippen molar-refractivity contribution in [3.63, 3.8) is 0 Å². The minimum Gasteiger partial charge on any atom is -0.489 e. The Bertz CT molecular complexity index is 1050. The molecule has 0 amide bonds. The monoisotopic (exact) mass is 370 g/mol. The SMILES string of the molecule is Cc1ccccc1COc1ccc(C=C(C#N)c2ccc([N+](=O)[O-])cc2)cc1. The van der Waals surface area contributed by atoms with Crippen molar-refractivity contribution in [2.45, 2.75) is 13.5 Å². The zero-order valence-corrected chi connectivity index (χ0v) is 15.3. The second-order valence-electron chi connectivity index (χ2n) is 6.26. The Morgan fingerprint density at radius 3 is 2.36 bits per heavy atom. The molecule has 0 bridgehead atoms. The summed E-state index contributed by atoms with van der Waals surface area (Å²) in [4.78, 5) is 10.3. The molecule has 28 heavy (non-hydrogen) atoms. The highest BCUT2D eigenvalue weighted by Gasteiger charge is 2.07. The van der Waals surface area contributed by atoms with Crippen LogP contribution in [0.3, 0.4) is 0 Å². The van der Waals surface area contributed by atoms with Crippen LogP contribution in [0.5, 0.6) is 5.75 Å². The molecule has 5 nitrogen and oxygen atoms in total. The van der Waals surface area contributed by atoms with Crippen LogP contribution in [0.2, 0.25) is 0 Å². The summed E-state index contributed by atoms with van der Waals surface area (Å²) < 4.78 is 5.83. The first-order chi connectivity index (χ1) is 13.6. The molecule has 0 atom stereocenters. The number of nitriles is 1. The van der Waals surface area contributed by atoms with Crippen molar-refractivity contribution in [1.82, 2.24) is 0 Å². The summed E-state index contributed by atoms with van der Waals surface area (Å²) in [5.74, 6) is 0.745. The van der Waals surface area contributed by atoms with Gasteiger partial charge in [0.2, 0.25) is 0 Å². The molecule has 3 rings (SSSR count). The first-order valence-electron chi connectivity index (χ1n) is 8.71. The zero-order valence-electron chi connectivity index (χ0n) is 15.3. The van der Waals surface area contributed by atoms with E-state index in [2.05, 4.69) is 6.07 Å². The molecule has 0 aliphatic rings. The summed E-state index contributed by atoms with van der Waals surface area (Å²) in [7, 11) is 0. The lowest BCUT2D eigenvalue weighted by Crippen LogP contribution is -1.97. The highest BCUT2D eigenvalue weighted by Crippen LogP contribution is 2.22. The van der Waals surface area contributed by atoms with Crippen molar-refractivity contribution in [3.8, 4) is 11.8 Å². The van der Waals surface area contributed by atoms with E-state index in [-0.39, 0.29) is 5.69 Å². The smallest absolute Gasteiger partial charge is 0.269 e. The van der Waals surface area contributed by atoms with Crippen LogP contribution in [0.4, 0.5) is 5.69 Å². The van der Waals surface area contributed by atoms with Crippen molar-refractivity contribution in [3.05, 3.63) is 105 Å². The molecular formula is C23H18N2O3. The van der Waals surface area contributed by atoms with Crippen LogP contribution in [-0.4, -0.2) is 4.92 Å². The Morgan fingerprint density at radius 2 is 1.75 bits per heavy atom. The third-order valence-corrected chi connectivity index (χ3v) is 4.36. The number of benzene rings is 3. The summed E-state index contributed by atoms with van der Waals surface area (Å²) in [5.41, 5.74) is 4.23. The maximum Gasteiger partial charge on any atom is 0.269 e.